The molecule has 2 fully saturated rings. The summed E-state index contributed by atoms with van der Waals surface area (Å²) >= 11 is 0. The highest BCUT2D eigenvalue weighted by atomic mass is 32.1. The number of carbonyl (C=O) groups is 5. The Labute approximate surface area is 270 Å². The molecule has 1 aliphatic heterocycles. The van der Waals surface area contributed by atoms with Crippen LogP contribution in [0.5, 0.6) is 0 Å². The van der Waals surface area contributed by atoms with E-state index in [0.717, 1.165) is 18.4 Å². The summed E-state index contributed by atoms with van der Waals surface area (Å²) in [6.45, 7) is 6.45. The summed E-state index contributed by atoms with van der Waals surface area (Å²) in [4.78, 5) is 62.4. The van der Waals surface area contributed by atoms with Gasteiger partial charge in [-0.1, -0.05) is 51.1 Å². The first-order valence-electron chi connectivity index (χ1n) is 12.9. The molecule has 0 aromatic heterocycles. The van der Waals surface area contributed by atoms with Crippen LogP contribution in [0.4, 0.5) is 4.79 Å². The van der Waals surface area contributed by atoms with Crippen molar-refractivity contribution in [3.8, 4) is 0 Å². The average molecular weight is 651 g/mol. The highest BCUT2D eigenvalue weighted by Gasteiger charge is 2.40. The van der Waals surface area contributed by atoms with Gasteiger partial charge in [-0.3, -0.25) is 14.4 Å². The fraction of sp³-hybridized carbons (Fsp3) is 0.593. The third-order valence-electron chi connectivity index (χ3n) is 6.50. The van der Waals surface area contributed by atoms with Gasteiger partial charge >= 0.3 is 6.09 Å². The van der Waals surface area contributed by atoms with Gasteiger partial charge in [-0.2, -0.15) is 54.0 Å². The van der Waals surface area contributed by atoms with Gasteiger partial charge < -0.3 is 30.8 Å². The molecule has 0 unspecified atom stereocenters. The summed E-state index contributed by atoms with van der Waals surface area (Å²) in [5.74, 6) is -1.47. The molecule has 4 amide bonds. The van der Waals surface area contributed by atoms with Crippen molar-refractivity contribution in [3.63, 3.8) is 0 Å². The molecule has 41 heavy (non-hydrogen) atoms. The predicted molar refractivity (Wildman–Crippen MR) is 178 cm³/mol. The average Bonchev–Trinajstić information content (AvgIpc) is 3.61. The molecular weight excluding hydrogens is 605 g/mol. The van der Waals surface area contributed by atoms with Crippen LogP contribution in [-0.4, -0.2) is 54.8 Å². The summed E-state index contributed by atoms with van der Waals surface area (Å²) < 4.78 is 5.28. The van der Waals surface area contributed by atoms with Gasteiger partial charge in [-0.15, -0.1) is 0 Å². The van der Waals surface area contributed by atoms with Crippen LogP contribution in [0.2, 0.25) is 0 Å². The standard InChI is InChI=1S/C27H38N4O6.4H2S/c1-27(2,3)14-21(24(34)29-20(15-32)13-19-11-12-28-23(19)33)30-25(35)22(18-9-10-18)31-26(36)37-16-17-7-5-4-6-8-17;;;;/h4-8,15,18-22H,9-14,16H2,1-3H3,(H,28,33)(H,29,34)(H,30,35)(H,31,36);4*1H2/t19-,20-,21-,22-;;;;/m0..../s1. The van der Waals surface area contributed by atoms with E-state index in [1.807, 2.05) is 51.1 Å². The molecule has 4 N–H and O–H groups in total. The monoisotopic (exact) mass is 650 g/mol. The molecule has 1 aliphatic carbocycles. The summed E-state index contributed by atoms with van der Waals surface area (Å²) in [6, 6.07) is 6.62. The molecule has 4 atom stereocenters. The molecule has 3 rings (SSSR count). The number of amides is 4. The van der Waals surface area contributed by atoms with Crippen LogP contribution in [0.15, 0.2) is 30.3 Å². The van der Waals surface area contributed by atoms with Crippen LogP contribution in [0.25, 0.3) is 0 Å². The van der Waals surface area contributed by atoms with Crippen molar-refractivity contribution >= 4 is 84.1 Å². The number of ether oxygens (including phenoxy) is 1. The normalized spacial score (nSPS) is 17.7. The maximum atomic E-state index is 13.2. The van der Waals surface area contributed by atoms with Crippen molar-refractivity contribution in [2.24, 2.45) is 17.3 Å². The van der Waals surface area contributed by atoms with E-state index >= 15 is 0 Å². The van der Waals surface area contributed by atoms with E-state index in [1.54, 1.807) is 0 Å². The highest BCUT2D eigenvalue weighted by molar-refractivity contribution is 7.59. The molecule has 10 nitrogen and oxygen atoms in total. The van der Waals surface area contributed by atoms with Crippen LogP contribution in [-0.2, 0) is 30.5 Å². The Morgan fingerprint density at radius 1 is 0.976 bits per heavy atom. The van der Waals surface area contributed by atoms with Crippen molar-refractivity contribution in [2.45, 2.75) is 77.6 Å². The molecule has 1 aromatic carbocycles. The Balaban J connectivity index is 0. The topological polar surface area (TPSA) is 143 Å². The molecule has 0 bridgehead atoms. The van der Waals surface area contributed by atoms with Crippen LogP contribution in [0.3, 0.4) is 0 Å². The molecule has 0 radical (unpaired) electrons. The smallest absolute Gasteiger partial charge is 0.408 e. The molecule has 2 aliphatic rings. The highest BCUT2D eigenvalue weighted by Crippen LogP contribution is 2.33. The minimum atomic E-state index is -0.921. The fourth-order valence-corrected chi connectivity index (χ4v) is 4.41. The van der Waals surface area contributed by atoms with Gasteiger partial charge in [0, 0.05) is 12.5 Å². The minimum Gasteiger partial charge on any atom is -0.445 e. The van der Waals surface area contributed by atoms with Gasteiger partial charge in [0.25, 0.3) is 0 Å². The van der Waals surface area contributed by atoms with Gasteiger partial charge in [-0.05, 0) is 49.0 Å². The van der Waals surface area contributed by atoms with E-state index in [4.69, 9.17) is 4.74 Å². The number of carbonyl (C=O) groups excluding carboxylic acids is 5. The third kappa shape index (κ3) is 14.1. The molecule has 14 heteroatoms. The third-order valence-corrected chi connectivity index (χ3v) is 6.50. The quantitative estimate of drug-likeness (QED) is 0.256. The van der Waals surface area contributed by atoms with Crippen LogP contribution < -0.4 is 21.3 Å². The summed E-state index contributed by atoms with van der Waals surface area (Å²) in [5.41, 5.74) is 0.515. The first-order valence-corrected chi connectivity index (χ1v) is 12.9. The number of hydrogen-bond donors (Lipinski definition) is 4. The van der Waals surface area contributed by atoms with Crippen molar-refractivity contribution < 1.29 is 28.7 Å². The number of rotatable bonds is 12. The number of aldehydes is 1. The largest absolute Gasteiger partial charge is 0.445 e. The van der Waals surface area contributed by atoms with Crippen LogP contribution in [0, 0.1) is 17.3 Å². The maximum absolute atomic E-state index is 13.2. The Hall–Kier alpha value is -2.03. The fourth-order valence-electron chi connectivity index (χ4n) is 4.41. The molecule has 1 heterocycles. The lowest BCUT2D eigenvalue weighted by atomic mass is 9.87. The molecule has 0 spiro atoms. The Morgan fingerprint density at radius 2 is 1.61 bits per heavy atom. The van der Waals surface area contributed by atoms with Crippen LogP contribution >= 0.6 is 54.0 Å². The summed E-state index contributed by atoms with van der Waals surface area (Å²) in [7, 11) is 0. The molecule has 1 saturated heterocycles. The second-order valence-electron chi connectivity index (χ2n) is 11.1. The number of benzene rings is 1. The lowest BCUT2D eigenvalue weighted by Gasteiger charge is -2.29. The van der Waals surface area contributed by atoms with E-state index in [0.29, 0.717) is 25.7 Å². The number of nitrogens with one attached hydrogen (secondary N) is 4. The second-order valence-corrected chi connectivity index (χ2v) is 11.1. The van der Waals surface area contributed by atoms with Crippen molar-refractivity contribution in [2.75, 3.05) is 6.54 Å². The Morgan fingerprint density at radius 3 is 2.12 bits per heavy atom. The summed E-state index contributed by atoms with van der Waals surface area (Å²) in [6.07, 6.45) is 2.61. The zero-order valence-corrected chi connectivity index (χ0v) is 27.8. The molecule has 234 valence electrons. The SMILES string of the molecule is CC(C)(C)C[C@H](NC(=O)[C@@H](NC(=O)OCc1ccccc1)C1CC1)C(=O)N[C@H](C=O)C[C@@H]1CCNC1=O.S.S.S.S. The van der Waals surface area contributed by atoms with Crippen LogP contribution in [0.1, 0.15) is 58.4 Å². The molecule has 1 aromatic rings. The number of alkyl carbamates (subject to hydrolysis) is 1. The van der Waals surface area contributed by atoms with Crippen molar-refractivity contribution in [1.29, 1.82) is 0 Å². The Kier molecular flexibility index (Phi) is 19.3. The Bertz CT molecular complexity index is 992. The van der Waals surface area contributed by atoms with Gasteiger partial charge in [0.2, 0.25) is 17.7 Å². The van der Waals surface area contributed by atoms with E-state index in [9.17, 15) is 24.0 Å². The lowest BCUT2D eigenvalue weighted by molar-refractivity contribution is -0.132. The van der Waals surface area contributed by atoms with E-state index in [2.05, 4.69) is 21.3 Å². The van der Waals surface area contributed by atoms with Gasteiger partial charge in [-0.25, -0.2) is 4.79 Å². The minimum absolute atomic E-state index is 0. The maximum Gasteiger partial charge on any atom is 0.408 e. The van der Waals surface area contributed by atoms with Gasteiger partial charge in [0.1, 0.15) is 25.0 Å². The first-order chi connectivity index (χ1) is 17.6. The first kappa shape index (κ1) is 41.1. The predicted octanol–water partition coefficient (Wildman–Crippen LogP) is 2.27. The lowest BCUT2D eigenvalue weighted by Crippen LogP contribution is -2.56. The van der Waals surface area contributed by atoms with E-state index in [1.165, 1.54) is 0 Å². The van der Waals surface area contributed by atoms with Gasteiger partial charge in [0.05, 0.1) is 6.04 Å². The number of hydrogen-bond acceptors (Lipinski definition) is 6. The van der Waals surface area contributed by atoms with E-state index in [-0.39, 0.29) is 90.2 Å². The van der Waals surface area contributed by atoms with E-state index < -0.39 is 36.0 Å². The second kappa shape index (κ2) is 19.2. The summed E-state index contributed by atoms with van der Waals surface area (Å²) in [5, 5.41) is 10.9. The van der Waals surface area contributed by atoms with Gasteiger partial charge in [0.15, 0.2) is 0 Å². The van der Waals surface area contributed by atoms with Crippen molar-refractivity contribution in [3.05, 3.63) is 35.9 Å². The molecule has 1 saturated carbocycles. The zero-order valence-electron chi connectivity index (χ0n) is 23.8. The zero-order chi connectivity index (χ0) is 27.0. The molecular formula is C27H46N4O6S4. The van der Waals surface area contributed by atoms with Crippen molar-refractivity contribution in [1.82, 2.24) is 21.3 Å².